The zero-order chi connectivity index (χ0) is 19.9. The van der Waals surface area contributed by atoms with Crippen LogP contribution >= 0.6 is 11.3 Å². The Morgan fingerprint density at radius 3 is 2.86 bits per heavy atom. The standard InChI is InChI=1S/C20H19N3O4S/c1-26-17-12-13(2-6-16(17)27-10-9-21)3-7-18(24)23-20-15(8-11-28-20)19(25)22-14-4-5-14/h2-3,6-8,11-12,14H,4-5,10H2,1H3,(H,22,25)(H,23,24)/b7-3+. The molecule has 0 radical (unpaired) electrons. The first-order valence-corrected chi connectivity index (χ1v) is 9.54. The number of thiophene rings is 1. The molecular weight excluding hydrogens is 378 g/mol. The largest absolute Gasteiger partial charge is 0.493 e. The summed E-state index contributed by atoms with van der Waals surface area (Å²) >= 11 is 1.30. The molecule has 0 aliphatic heterocycles. The maximum atomic E-state index is 12.2. The molecule has 1 fully saturated rings. The number of methoxy groups -OCH3 is 1. The topological polar surface area (TPSA) is 100 Å². The van der Waals surface area contributed by atoms with Gasteiger partial charge in [0, 0.05) is 12.1 Å². The molecule has 7 nitrogen and oxygen atoms in total. The lowest BCUT2D eigenvalue weighted by Gasteiger charge is -2.08. The van der Waals surface area contributed by atoms with E-state index in [1.54, 1.807) is 35.7 Å². The van der Waals surface area contributed by atoms with E-state index in [1.165, 1.54) is 24.5 Å². The average Bonchev–Trinajstić information content (AvgIpc) is 3.39. The van der Waals surface area contributed by atoms with E-state index in [-0.39, 0.29) is 24.5 Å². The van der Waals surface area contributed by atoms with E-state index in [4.69, 9.17) is 14.7 Å². The molecule has 0 atom stereocenters. The minimum Gasteiger partial charge on any atom is -0.493 e. The Labute approximate surface area is 166 Å². The van der Waals surface area contributed by atoms with Gasteiger partial charge in [-0.15, -0.1) is 11.3 Å². The van der Waals surface area contributed by atoms with Gasteiger partial charge in [0.25, 0.3) is 5.91 Å². The van der Waals surface area contributed by atoms with Crippen molar-refractivity contribution >= 4 is 34.2 Å². The zero-order valence-electron chi connectivity index (χ0n) is 15.2. The Kier molecular flexibility index (Phi) is 6.29. The van der Waals surface area contributed by atoms with Gasteiger partial charge in [-0.3, -0.25) is 9.59 Å². The van der Waals surface area contributed by atoms with Crippen molar-refractivity contribution in [3.05, 3.63) is 46.8 Å². The highest BCUT2D eigenvalue weighted by molar-refractivity contribution is 7.14. The van der Waals surface area contributed by atoms with Gasteiger partial charge in [0.05, 0.1) is 12.7 Å². The van der Waals surface area contributed by atoms with Gasteiger partial charge in [-0.25, -0.2) is 0 Å². The van der Waals surface area contributed by atoms with Crippen molar-refractivity contribution in [2.45, 2.75) is 18.9 Å². The molecule has 0 unspecified atom stereocenters. The average molecular weight is 397 g/mol. The van der Waals surface area contributed by atoms with Crippen LogP contribution in [0.2, 0.25) is 0 Å². The molecule has 28 heavy (non-hydrogen) atoms. The summed E-state index contributed by atoms with van der Waals surface area (Å²) in [6.07, 6.45) is 5.02. The number of benzene rings is 1. The van der Waals surface area contributed by atoms with Gasteiger partial charge in [0.2, 0.25) is 5.91 Å². The van der Waals surface area contributed by atoms with Crippen molar-refractivity contribution in [1.82, 2.24) is 5.32 Å². The molecule has 0 saturated heterocycles. The number of carbonyl (C=O) groups is 2. The molecule has 1 aromatic carbocycles. The quantitative estimate of drug-likeness (QED) is 0.666. The van der Waals surface area contributed by atoms with Crippen LogP contribution in [0.25, 0.3) is 6.08 Å². The molecule has 1 heterocycles. The van der Waals surface area contributed by atoms with E-state index in [0.29, 0.717) is 22.1 Å². The van der Waals surface area contributed by atoms with Crippen LogP contribution in [-0.4, -0.2) is 31.6 Å². The second kappa shape index (κ2) is 9.06. The number of amides is 2. The van der Waals surface area contributed by atoms with Crippen LogP contribution in [0, 0.1) is 11.3 Å². The molecule has 3 rings (SSSR count). The highest BCUT2D eigenvalue weighted by atomic mass is 32.1. The summed E-state index contributed by atoms with van der Waals surface area (Å²) in [7, 11) is 1.50. The first kappa shape index (κ1) is 19.5. The van der Waals surface area contributed by atoms with E-state index in [2.05, 4.69) is 10.6 Å². The number of anilines is 1. The summed E-state index contributed by atoms with van der Waals surface area (Å²) in [6.45, 7) is -0.0780. The number of nitriles is 1. The number of hydrogen-bond donors (Lipinski definition) is 2. The molecule has 1 aromatic heterocycles. The van der Waals surface area contributed by atoms with Crippen molar-refractivity contribution in [2.24, 2.45) is 0 Å². The predicted molar refractivity (Wildman–Crippen MR) is 107 cm³/mol. The Morgan fingerprint density at radius 1 is 1.32 bits per heavy atom. The van der Waals surface area contributed by atoms with Gasteiger partial charge in [-0.2, -0.15) is 5.26 Å². The van der Waals surface area contributed by atoms with E-state index in [1.807, 2.05) is 6.07 Å². The summed E-state index contributed by atoms with van der Waals surface area (Å²) in [4.78, 5) is 24.4. The molecule has 2 aromatic rings. The maximum absolute atomic E-state index is 12.2. The number of carbonyl (C=O) groups excluding carboxylic acids is 2. The molecule has 2 amide bonds. The number of ether oxygens (including phenoxy) is 2. The number of nitrogens with zero attached hydrogens (tertiary/aromatic N) is 1. The minimum atomic E-state index is -0.341. The van der Waals surface area contributed by atoms with Crippen LogP contribution < -0.4 is 20.1 Å². The fourth-order valence-corrected chi connectivity index (χ4v) is 3.21. The van der Waals surface area contributed by atoms with Crippen LogP contribution in [-0.2, 0) is 4.79 Å². The van der Waals surface area contributed by atoms with E-state index in [9.17, 15) is 9.59 Å². The monoisotopic (exact) mass is 397 g/mol. The van der Waals surface area contributed by atoms with Gasteiger partial charge < -0.3 is 20.1 Å². The van der Waals surface area contributed by atoms with Crippen molar-refractivity contribution in [3.63, 3.8) is 0 Å². The Hall–Kier alpha value is -3.31. The van der Waals surface area contributed by atoms with Gasteiger partial charge in [-0.05, 0) is 48.1 Å². The SMILES string of the molecule is COc1cc(/C=C/C(=O)Nc2sccc2C(=O)NC2CC2)ccc1OCC#N. The molecule has 2 N–H and O–H groups in total. The molecule has 0 bridgehead atoms. The third-order valence-corrected chi connectivity index (χ3v) is 4.80. The normalized spacial score (nSPS) is 13.0. The molecule has 1 saturated carbocycles. The summed E-state index contributed by atoms with van der Waals surface area (Å²) < 4.78 is 10.5. The Bertz CT molecular complexity index is 941. The van der Waals surface area contributed by atoms with Crippen LogP contribution in [0.4, 0.5) is 5.00 Å². The zero-order valence-corrected chi connectivity index (χ0v) is 16.0. The molecule has 144 valence electrons. The fraction of sp³-hybridized carbons (Fsp3) is 0.250. The summed E-state index contributed by atoms with van der Waals surface area (Å²) in [5.41, 5.74) is 1.20. The van der Waals surface area contributed by atoms with Crippen molar-refractivity contribution in [1.29, 1.82) is 5.26 Å². The molecule has 8 heteroatoms. The number of nitrogens with one attached hydrogen (secondary N) is 2. The van der Waals surface area contributed by atoms with E-state index in [0.717, 1.165) is 18.4 Å². The van der Waals surface area contributed by atoms with E-state index < -0.39 is 0 Å². The first-order chi connectivity index (χ1) is 13.6. The van der Waals surface area contributed by atoms with Crippen LogP contribution in [0.5, 0.6) is 11.5 Å². The second-order valence-corrected chi connectivity index (χ2v) is 7.01. The summed E-state index contributed by atoms with van der Waals surface area (Å²) in [6, 6.07) is 8.98. The van der Waals surface area contributed by atoms with Crippen LogP contribution in [0.15, 0.2) is 35.7 Å². The van der Waals surface area contributed by atoms with Gasteiger partial charge in [0.15, 0.2) is 18.1 Å². The summed E-state index contributed by atoms with van der Waals surface area (Å²) in [5.74, 6) is 0.415. The lowest BCUT2D eigenvalue weighted by Crippen LogP contribution is -2.26. The smallest absolute Gasteiger partial charge is 0.254 e. The highest BCUT2D eigenvalue weighted by Gasteiger charge is 2.25. The third kappa shape index (κ3) is 5.11. The second-order valence-electron chi connectivity index (χ2n) is 6.09. The van der Waals surface area contributed by atoms with Crippen LogP contribution in [0.1, 0.15) is 28.8 Å². The van der Waals surface area contributed by atoms with Gasteiger partial charge >= 0.3 is 0 Å². The molecule has 0 spiro atoms. The lowest BCUT2D eigenvalue weighted by atomic mass is 10.2. The highest BCUT2D eigenvalue weighted by Crippen LogP contribution is 2.29. The van der Waals surface area contributed by atoms with Crippen molar-refractivity contribution in [3.8, 4) is 17.6 Å². The van der Waals surface area contributed by atoms with Gasteiger partial charge in [0.1, 0.15) is 11.1 Å². The number of rotatable bonds is 8. The maximum Gasteiger partial charge on any atom is 0.254 e. The lowest BCUT2D eigenvalue weighted by molar-refractivity contribution is -0.111. The first-order valence-electron chi connectivity index (χ1n) is 8.66. The minimum absolute atomic E-state index is 0.0780. The third-order valence-electron chi connectivity index (χ3n) is 3.97. The molecular formula is C20H19N3O4S. The molecule has 1 aliphatic carbocycles. The van der Waals surface area contributed by atoms with Crippen molar-refractivity contribution in [2.75, 3.05) is 19.0 Å². The Morgan fingerprint density at radius 2 is 2.14 bits per heavy atom. The molecule has 1 aliphatic rings. The fourth-order valence-electron chi connectivity index (χ4n) is 2.42. The summed E-state index contributed by atoms with van der Waals surface area (Å²) in [5, 5.41) is 16.5. The Balaban J connectivity index is 1.63. The van der Waals surface area contributed by atoms with Crippen LogP contribution in [0.3, 0.4) is 0 Å². The van der Waals surface area contributed by atoms with E-state index >= 15 is 0 Å². The number of hydrogen-bond acceptors (Lipinski definition) is 6. The predicted octanol–water partition coefficient (Wildman–Crippen LogP) is 3.20. The van der Waals surface area contributed by atoms with Crippen molar-refractivity contribution < 1.29 is 19.1 Å². The van der Waals surface area contributed by atoms with Gasteiger partial charge in [-0.1, -0.05) is 6.07 Å².